The average Bonchev–Trinajstić information content (AvgIpc) is 4.14. The molecule has 8 aromatic rings. The molecule has 1 fully saturated rings. The topological polar surface area (TPSA) is 306 Å². The highest BCUT2D eigenvalue weighted by Gasteiger charge is 2.21. The van der Waals surface area contributed by atoms with Crippen LogP contribution < -0.4 is 46.6 Å². The van der Waals surface area contributed by atoms with E-state index in [4.69, 9.17) is 42.2 Å². The van der Waals surface area contributed by atoms with Gasteiger partial charge < -0.3 is 50.9 Å². The van der Waals surface area contributed by atoms with E-state index in [9.17, 15) is 14.0 Å². The van der Waals surface area contributed by atoms with Crippen LogP contribution in [-0.2, 0) is 19.6 Å². The molecule has 1 aliphatic heterocycles. The van der Waals surface area contributed by atoms with Crippen LogP contribution in [0.15, 0.2) is 53.3 Å². The highest BCUT2D eigenvalue weighted by atomic mass is 35.5. The van der Waals surface area contributed by atoms with Crippen molar-refractivity contribution in [3.05, 3.63) is 81.3 Å². The number of methoxy groups -OCH3 is 2. The molecule has 0 atom stereocenters. The van der Waals surface area contributed by atoms with Gasteiger partial charge in [-0.1, -0.05) is 82.5 Å². The van der Waals surface area contributed by atoms with Crippen LogP contribution in [0, 0.1) is 0 Å². The number of alkyl halides is 1. The number of aromatic amines is 2. The Bertz CT molecular complexity index is 3190. The molecular weight excluding hydrogens is 1000 g/mol. The van der Waals surface area contributed by atoms with Gasteiger partial charge >= 0.3 is 23.7 Å². The van der Waals surface area contributed by atoms with Crippen LogP contribution in [0.2, 0.25) is 0 Å². The van der Waals surface area contributed by atoms with Crippen molar-refractivity contribution in [2.45, 2.75) is 97.9 Å². The second-order valence-electron chi connectivity index (χ2n) is 17.4. The number of aromatic nitrogens is 12. The second kappa shape index (κ2) is 28.8. The number of ether oxygens (including phenoxy) is 5. The number of likely N-dealkylation sites (tertiary alicyclic amines) is 1. The molecule has 0 unspecified atom stereocenters. The van der Waals surface area contributed by atoms with E-state index in [1.165, 1.54) is 14.2 Å². The van der Waals surface area contributed by atoms with Crippen LogP contribution in [-0.4, -0.2) is 133 Å². The van der Waals surface area contributed by atoms with E-state index in [2.05, 4.69) is 96.0 Å². The van der Waals surface area contributed by atoms with Gasteiger partial charge in [0, 0.05) is 33.6 Å². The van der Waals surface area contributed by atoms with E-state index in [1.54, 1.807) is 15.2 Å². The maximum atomic E-state index is 13.4. The molecule has 0 spiro atoms. The van der Waals surface area contributed by atoms with Crippen molar-refractivity contribution in [2.24, 2.45) is 0 Å². The Morgan fingerprint density at radius 2 is 1.22 bits per heavy atom. The predicted octanol–water partition coefficient (Wildman–Crippen LogP) is 6.22. The first-order valence-corrected chi connectivity index (χ1v) is 24.7. The summed E-state index contributed by atoms with van der Waals surface area (Å²) >= 11 is 0. The van der Waals surface area contributed by atoms with Gasteiger partial charge in [-0.05, 0) is 56.2 Å². The third kappa shape index (κ3) is 15.4. The zero-order chi connectivity index (χ0) is 54.6. The fourth-order valence-corrected chi connectivity index (χ4v) is 7.82. The van der Waals surface area contributed by atoms with E-state index in [-0.39, 0.29) is 47.8 Å². The monoisotopic (exact) mass is 1070 g/mol. The number of halogens is 2. The van der Waals surface area contributed by atoms with Crippen molar-refractivity contribution in [1.82, 2.24) is 63.9 Å². The molecule has 9 rings (SSSR count). The number of aldehydes is 1. The molecule has 0 amide bonds. The number of rotatable bonds is 21. The lowest BCUT2D eigenvalue weighted by molar-refractivity contribution is 0.112. The molecular formula is C50H67BClFN16O7. The highest BCUT2D eigenvalue weighted by Crippen LogP contribution is 2.27. The van der Waals surface area contributed by atoms with Crippen LogP contribution in [0.5, 0.6) is 30.1 Å². The number of fused-ring (bicyclic) bond motifs is 3. The number of unbranched alkanes of at least 4 members (excludes halogenated alkanes) is 3. The Hall–Kier alpha value is -7.80. The zero-order valence-electron chi connectivity index (χ0n) is 44.5. The van der Waals surface area contributed by atoms with Crippen LogP contribution in [0.4, 0.5) is 21.8 Å². The number of hydrogen-bond acceptors (Lipinski definition) is 19. The maximum absolute atomic E-state index is 13.4. The minimum Gasteiger partial charge on any atom is -0.468 e. The van der Waals surface area contributed by atoms with Crippen molar-refractivity contribution in [3.63, 3.8) is 0 Å². The van der Waals surface area contributed by atoms with E-state index < -0.39 is 6.17 Å². The highest BCUT2D eigenvalue weighted by molar-refractivity contribution is 5.85. The first kappa shape index (κ1) is 57.5. The number of nitrogen functional groups attached to an aromatic ring is 3. The van der Waals surface area contributed by atoms with Gasteiger partial charge in [0.1, 0.15) is 23.5 Å². The van der Waals surface area contributed by atoms with Gasteiger partial charge in [0.2, 0.25) is 0 Å². The first-order chi connectivity index (χ1) is 36.9. The average molecular weight is 1070 g/mol. The van der Waals surface area contributed by atoms with Crippen molar-refractivity contribution in [1.29, 1.82) is 1.34 Å². The Balaban J connectivity index is 0.000000216. The summed E-state index contributed by atoms with van der Waals surface area (Å²) in [5.41, 5.74) is 24.0. The zero-order valence-corrected chi connectivity index (χ0v) is 44.3. The fraction of sp³-hybridized carbons (Fsp3) is 0.440. The quantitative estimate of drug-likeness (QED) is 0.0303. The summed E-state index contributed by atoms with van der Waals surface area (Å²) < 4.78 is 48.9. The number of piperidine rings is 1. The number of carbonyl (C=O) groups excluding carboxylic acids is 1. The molecule has 2 radical (unpaired) electrons. The summed E-state index contributed by atoms with van der Waals surface area (Å²) in [5, 5.41) is 0. The molecule has 26 heteroatoms. The van der Waals surface area contributed by atoms with Gasteiger partial charge in [0.25, 0.3) is 12.0 Å². The van der Waals surface area contributed by atoms with E-state index in [0.717, 1.165) is 81.1 Å². The van der Waals surface area contributed by atoms with Gasteiger partial charge in [-0.25, -0.2) is 9.18 Å². The minimum absolute atomic E-state index is 0. The number of nitrogens with zero attached hydrogens (tertiary/aromatic N) is 11. The Kier molecular flexibility index (Phi) is 21.8. The lowest BCUT2D eigenvalue weighted by atomic mass is 10.1. The predicted molar refractivity (Wildman–Crippen MR) is 293 cm³/mol. The van der Waals surface area contributed by atoms with Crippen molar-refractivity contribution in [3.8, 4) is 30.1 Å². The van der Waals surface area contributed by atoms with Crippen LogP contribution in [0.3, 0.4) is 0 Å². The van der Waals surface area contributed by atoms with Crippen LogP contribution in [0.25, 0.3) is 33.5 Å². The molecule has 1 aliphatic rings. The third-order valence-corrected chi connectivity index (χ3v) is 11.8. The number of imidazole rings is 3. The Morgan fingerprint density at radius 3 is 1.82 bits per heavy atom. The fourth-order valence-electron chi connectivity index (χ4n) is 7.82. The molecule has 76 heavy (non-hydrogen) atoms. The molecule has 1 saturated heterocycles. The standard InChI is InChI=1S/C22H29FN6O2.C18H21N5O3.C10H15N5O2.BH.ClH/c1-2-3-11-31-21-26-19(24)18-20(27-21)29(22(30)25-18)14-16-6-4-5-15(12-16)13-28-9-7-17(23)8-10-28;1-3-4-8-26-17-21-15(19)14-16(22-17)23(18(20-14)25-2)10-12-6-5-7-13(9-12)11-24;1-3-4-5-17-10-13-7(11)6-8(15-10)14-9(12-6)16-2;;/h4-6,12,17H,2-3,7-11,13-14H2,1H3,(H,25,30)(H2,24,26,27);5-7,9,11H,3-4,8,10H2,1-2H3,(H2,19,21,22);3-5H2,1-2H3,(H3,11,12,13,14,15);2*1H/i;;;1D;. The maximum Gasteiger partial charge on any atom is 0.328 e. The van der Waals surface area contributed by atoms with Gasteiger partial charge in [-0.2, -0.15) is 39.9 Å². The number of nitrogens with one attached hydrogen (secondary N) is 2. The van der Waals surface area contributed by atoms with E-state index >= 15 is 0 Å². The van der Waals surface area contributed by atoms with E-state index in [0.29, 0.717) is 103 Å². The van der Waals surface area contributed by atoms with Gasteiger partial charge in [0.05, 0.1) is 47.1 Å². The number of nitrogens with two attached hydrogens (primary N) is 3. The van der Waals surface area contributed by atoms with E-state index in [1.807, 2.05) is 30.3 Å². The molecule has 0 bridgehead atoms. The number of anilines is 3. The Morgan fingerprint density at radius 1 is 0.684 bits per heavy atom. The smallest absolute Gasteiger partial charge is 0.328 e. The Labute approximate surface area is 448 Å². The molecule has 8 N–H and O–H groups in total. The number of H-pyrrole nitrogens is 2. The molecule has 0 saturated carbocycles. The molecule has 6 aromatic heterocycles. The molecule has 7 heterocycles. The summed E-state index contributed by atoms with van der Waals surface area (Å²) in [6.45, 7) is 10.9. The van der Waals surface area contributed by atoms with Crippen LogP contribution in [0.1, 0.15) is 99.2 Å². The number of benzene rings is 2. The second-order valence-corrected chi connectivity index (χ2v) is 17.4. The lowest BCUT2D eigenvalue weighted by Crippen LogP contribution is -2.33. The van der Waals surface area contributed by atoms with Gasteiger partial charge in [-0.3, -0.25) is 18.8 Å². The summed E-state index contributed by atoms with van der Waals surface area (Å²) in [4.78, 5) is 65.3. The molecule has 23 nitrogen and oxygen atoms in total. The summed E-state index contributed by atoms with van der Waals surface area (Å²) in [6.07, 6.45) is 7.11. The van der Waals surface area contributed by atoms with Crippen molar-refractivity contribution in [2.75, 3.05) is 64.3 Å². The number of carbonyl (C=O) groups is 1. The largest absolute Gasteiger partial charge is 0.468 e. The summed E-state index contributed by atoms with van der Waals surface area (Å²) in [7, 11) is 6.79. The van der Waals surface area contributed by atoms with Crippen LogP contribution >= 0.6 is 12.4 Å². The van der Waals surface area contributed by atoms with Crippen molar-refractivity contribution >= 4 is 78.0 Å². The third-order valence-electron chi connectivity index (χ3n) is 11.8. The van der Waals surface area contributed by atoms with Gasteiger partial charge in [0.15, 0.2) is 39.9 Å². The molecule has 406 valence electrons. The SMILES string of the molecule is CCCCOc1nc(N)c2[nH]c(=O)n(Cc3cccc(CN4CCC(F)CC4)c3)c2n1.CCCCOc1nc(N)c2[nH]c(OC)nc2n1.CCCCOc1nc(N)c2nc(OC)n(Cc3cccc(C=O)c3)c2n1.Cl.[2H][B]. The first-order valence-electron chi connectivity index (χ1n) is 25.3. The minimum atomic E-state index is -0.679. The van der Waals surface area contributed by atoms with Gasteiger partial charge in [-0.15, -0.1) is 12.4 Å². The molecule has 0 aliphatic carbocycles. The summed E-state index contributed by atoms with van der Waals surface area (Å²) in [6, 6.07) is 16.8. The number of hydrogen-bond donors (Lipinski definition) is 5. The van der Waals surface area contributed by atoms with Crippen molar-refractivity contribution < 1.29 is 32.9 Å². The summed E-state index contributed by atoms with van der Waals surface area (Å²) in [5.74, 6) is 0.731. The normalized spacial score (nSPS) is 12.5. The molecule has 2 aromatic carbocycles. The lowest BCUT2D eigenvalue weighted by Gasteiger charge is -2.28.